The van der Waals surface area contributed by atoms with E-state index in [1.54, 1.807) is 0 Å². The van der Waals surface area contributed by atoms with Gasteiger partial charge in [-0.25, -0.2) is 0 Å². The number of morpholine rings is 1. The second kappa shape index (κ2) is 10.5. The first-order valence-corrected chi connectivity index (χ1v) is 8.91. The Morgan fingerprint density at radius 3 is 2.35 bits per heavy atom. The van der Waals surface area contributed by atoms with E-state index in [0.717, 1.165) is 5.56 Å². The second-order valence-corrected chi connectivity index (χ2v) is 6.96. The topological polar surface area (TPSA) is 84.7 Å². The Bertz CT molecular complexity index is 582. The molecule has 1 aromatic rings. The highest BCUT2D eigenvalue weighted by Gasteiger charge is 2.26. The van der Waals surface area contributed by atoms with Crippen LogP contribution in [0.25, 0.3) is 0 Å². The molecule has 0 radical (unpaired) electrons. The van der Waals surface area contributed by atoms with Crippen LogP contribution in [0.3, 0.4) is 0 Å². The van der Waals surface area contributed by atoms with E-state index < -0.39 is 0 Å². The summed E-state index contributed by atoms with van der Waals surface area (Å²) in [6, 6.07) is 7.42. The molecule has 0 spiro atoms. The van der Waals surface area contributed by atoms with E-state index in [4.69, 9.17) is 10.5 Å². The van der Waals surface area contributed by atoms with Crippen molar-refractivity contribution in [3.05, 3.63) is 35.4 Å². The number of halogens is 1. The lowest BCUT2D eigenvalue weighted by Gasteiger charge is -2.35. The monoisotopic (exact) mass is 383 g/mol. The van der Waals surface area contributed by atoms with Gasteiger partial charge in [0.2, 0.25) is 5.91 Å². The molecule has 6 nitrogen and oxygen atoms in total. The van der Waals surface area contributed by atoms with Crippen LogP contribution >= 0.6 is 12.4 Å². The Morgan fingerprint density at radius 2 is 1.81 bits per heavy atom. The quantitative estimate of drug-likeness (QED) is 0.787. The van der Waals surface area contributed by atoms with E-state index in [9.17, 15) is 9.59 Å². The summed E-state index contributed by atoms with van der Waals surface area (Å²) in [5, 5.41) is 2.87. The molecule has 7 heteroatoms. The summed E-state index contributed by atoms with van der Waals surface area (Å²) >= 11 is 0. The van der Waals surface area contributed by atoms with Gasteiger partial charge in [-0.1, -0.05) is 12.1 Å². The fraction of sp³-hybridized carbons (Fsp3) is 0.579. The van der Waals surface area contributed by atoms with Crippen LogP contribution in [0, 0.1) is 0 Å². The van der Waals surface area contributed by atoms with Gasteiger partial charge in [-0.3, -0.25) is 9.59 Å². The molecule has 1 aliphatic heterocycles. The fourth-order valence-corrected chi connectivity index (χ4v) is 2.94. The molecule has 2 rings (SSSR count). The first kappa shape index (κ1) is 22.4. The number of nitrogens with two attached hydrogens (primary N) is 1. The van der Waals surface area contributed by atoms with Crippen molar-refractivity contribution in [1.82, 2.24) is 10.2 Å². The fourth-order valence-electron chi connectivity index (χ4n) is 2.94. The minimum Gasteiger partial charge on any atom is -0.372 e. The number of ether oxygens (including phenoxy) is 1. The lowest BCUT2D eigenvalue weighted by atomic mass is 10.1. The average Bonchev–Trinajstić information content (AvgIpc) is 2.57. The third-order valence-corrected chi connectivity index (χ3v) is 4.22. The number of amides is 2. The minimum atomic E-state index is -0.00579. The highest BCUT2D eigenvalue weighted by Crippen LogP contribution is 2.15. The zero-order valence-corrected chi connectivity index (χ0v) is 16.6. The molecular formula is C19H30ClN3O3. The maximum Gasteiger partial charge on any atom is 0.254 e. The van der Waals surface area contributed by atoms with Crippen LogP contribution < -0.4 is 11.1 Å². The van der Waals surface area contributed by atoms with Crippen molar-refractivity contribution in [2.75, 3.05) is 13.1 Å². The Hall–Kier alpha value is -1.63. The van der Waals surface area contributed by atoms with E-state index in [0.29, 0.717) is 38.0 Å². The minimum absolute atomic E-state index is 0. The van der Waals surface area contributed by atoms with Gasteiger partial charge in [-0.15, -0.1) is 12.4 Å². The summed E-state index contributed by atoms with van der Waals surface area (Å²) in [6.45, 7) is 7.53. The number of benzene rings is 1. The zero-order valence-electron chi connectivity index (χ0n) is 15.7. The maximum atomic E-state index is 12.6. The van der Waals surface area contributed by atoms with Crippen molar-refractivity contribution in [2.45, 2.75) is 58.4 Å². The SMILES string of the molecule is CC(N)CCC(=O)NCc1ccc(C(=O)N2CC(C)OC(C)C2)cc1.Cl. The first-order valence-electron chi connectivity index (χ1n) is 8.91. The Balaban J connectivity index is 0.00000338. The van der Waals surface area contributed by atoms with Crippen molar-refractivity contribution in [3.8, 4) is 0 Å². The van der Waals surface area contributed by atoms with Gasteiger partial charge in [0.1, 0.15) is 0 Å². The highest BCUT2D eigenvalue weighted by atomic mass is 35.5. The zero-order chi connectivity index (χ0) is 18.4. The Kier molecular flexibility index (Phi) is 9.05. The summed E-state index contributed by atoms with van der Waals surface area (Å²) in [4.78, 5) is 26.2. The van der Waals surface area contributed by atoms with Crippen molar-refractivity contribution in [2.24, 2.45) is 5.73 Å². The molecule has 0 aromatic heterocycles. The molecular weight excluding hydrogens is 354 g/mol. The summed E-state index contributed by atoms with van der Waals surface area (Å²) in [5.74, 6) is 0.0169. The predicted octanol–water partition coefficient (Wildman–Crippen LogP) is 2.10. The Labute approximate surface area is 161 Å². The largest absolute Gasteiger partial charge is 0.372 e. The predicted molar refractivity (Wildman–Crippen MR) is 104 cm³/mol. The molecule has 0 bridgehead atoms. The van der Waals surface area contributed by atoms with Gasteiger partial charge in [0.05, 0.1) is 12.2 Å². The maximum absolute atomic E-state index is 12.6. The van der Waals surface area contributed by atoms with Crippen LogP contribution in [0.5, 0.6) is 0 Å². The van der Waals surface area contributed by atoms with Crippen LogP contribution in [0.15, 0.2) is 24.3 Å². The molecule has 0 aliphatic carbocycles. The molecule has 3 unspecified atom stereocenters. The standard InChI is InChI=1S/C19H29N3O3.ClH/c1-13(20)4-9-18(23)21-10-16-5-7-17(8-6-16)19(24)22-11-14(2)25-15(3)12-22;/h5-8,13-15H,4,9-12,20H2,1-3H3,(H,21,23);1H. The molecule has 1 heterocycles. The molecule has 3 atom stereocenters. The lowest BCUT2D eigenvalue weighted by Crippen LogP contribution is -2.48. The molecule has 3 N–H and O–H groups in total. The van der Waals surface area contributed by atoms with Gasteiger partial charge in [-0.2, -0.15) is 0 Å². The van der Waals surface area contributed by atoms with Gasteiger partial charge in [0, 0.05) is 37.7 Å². The molecule has 146 valence electrons. The number of nitrogens with one attached hydrogen (secondary N) is 1. The van der Waals surface area contributed by atoms with Crippen LogP contribution in [0.2, 0.25) is 0 Å². The third-order valence-electron chi connectivity index (χ3n) is 4.22. The smallest absolute Gasteiger partial charge is 0.254 e. The highest BCUT2D eigenvalue weighted by molar-refractivity contribution is 5.94. The molecule has 1 saturated heterocycles. The van der Waals surface area contributed by atoms with E-state index in [-0.39, 0.29) is 42.5 Å². The number of nitrogens with zero attached hydrogens (tertiary/aromatic N) is 1. The number of carbonyl (C=O) groups is 2. The number of hydrogen-bond donors (Lipinski definition) is 2. The Morgan fingerprint density at radius 1 is 1.23 bits per heavy atom. The van der Waals surface area contributed by atoms with Crippen molar-refractivity contribution in [3.63, 3.8) is 0 Å². The van der Waals surface area contributed by atoms with Gasteiger partial charge in [0.25, 0.3) is 5.91 Å². The van der Waals surface area contributed by atoms with Crippen molar-refractivity contribution >= 4 is 24.2 Å². The average molecular weight is 384 g/mol. The van der Waals surface area contributed by atoms with Crippen LogP contribution in [-0.2, 0) is 16.1 Å². The molecule has 2 amide bonds. The summed E-state index contributed by atoms with van der Waals surface area (Å²) in [5.41, 5.74) is 7.28. The summed E-state index contributed by atoms with van der Waals surface area (Å²) in [7, 11) is 0. The van der Waals surface area contributed by atoms with E-state index in [2.05, 4.69) is 5.32 Å². The number of hydrogen-bond acceptors (Lipinski definition) is 4. The molecule has 1 aromatic carbocycles. The van der Waals surface area contributed by atoms with Gasteiger partial charge >= 0.3 is 0 Å². The van der Waals surface area contributed by atoms with E-state index >= 15 is 0 Å². The molecule has 1 aliphatic rings. The van der Waals surface area contributed by atoms with Crippen molar-refractivity contribution < 1.29 is 14.3 Å². The van der Waals surface area contributed by atoms with Gasteiger partial charge in [-0.05, 0) is 44.9 Å². The summed E-state index contributed by atoms with van der Waals surface area (Å²) < 4.78 is 5.67. The first-order chi connectivity index (χ1) is 11.8. The second-order valence-electron chi connectivity index (χ2n) is 6.96. The molecule has 1 fully saturated rings. The van der Waals surface area contributed by atoms with Gasteiger partial charge < -0.3 is 20.7 Å². The lowest BCUT2D eigenvalue weighted by molar-refractivity contribution is -0.121. The van der Waals surface area contributed by atoms with E-state index in [1.165, 1.54) is 0 Å². The molecule has 0 saturated carbocycles. The van der Waals surface area contributed by atoms with Crippen LogP contribution in [-0.4, -0.2) is 48.1 Å². The normalized spacial score (nSPS) is 20.8. The van der Waals surface area contributed by atoms with E-state index in [1.807, 2.05) is 49.9 Å². The third kappa shape index (κ3) is 6.94. The van der Waals surface area contributed by atoms with Gasteiger partial charge in [0.15, 0.2) is 0 Å². The van der Waals surface area contributed by atoms with Crippen molar-refractivity contribution in [1.29, 1.82) is 0 Å². The van der Waals surface area contributed by atoms with Crippen LogP contribution in [0.4, 0.5) is 0 Å². The number of rotatable bonds is 6. The van der Waals surface area contributed by atoms with Crippen LogP contribution in [0.1, 0.15) is 49.5 Å². The summed E-state index contributed by atoms with van der Waals surface area (Å²) in [6.07, 6.45) is 1.22. The molecule has 26 heavy (non-hydrogen) atoms. The number of carbonyl (C=O) groups excluding carboxylic acids is 2.